The van der Waals surface area contributed by atoms with Crippen molar-refractivity contribution in [2.24, 2.45) is 0 Å². The first-order chi connectivity index (χ1) is 10.3. The third-order valence-corrected chi connectivity index (χ3v) is 4.52. The Morgan fingerprint density at radius 1 is 0.952 bits per heavy atom. The molecular weight excluding hydrogens is 256 g/mol. The van der Waals surface area contributed by atoms with Gasteiger partial charge in [-0.25, -0.2) is 0 Å². The zero-order chi connectivity index (χ0) is 14.7. The van der Waals surface area contributed by atoms with Crippen molar-refractivity contribution in [3.63, 3.8) is 0 Å². The van der Waals surface area contributed by atoms with Crippen LogP contribution in [0, 0.1) is 0 Å². The van der Waals surface area contributed by atoms with Gasteiger partial charge < -0.3 is 10.2 Å². The number of hydrogen-bond acceptors (Lipinski definition) is 2. The highest BCUT2D eigenvalue weighted by molar-refractivity contribution is 5.72. The molecule has 110 valence electrons. The van der Waals surface area contributed by atoms with Crippen LogP contribution < -0.4 is 5.32 Å². The summed E-state index contributed by atoms with van der Waals surface area (Å²) in [5.74, 6) is 0. The molecule has 1 heterocycles. The summed E-state index contributed by atoms with van der Waals surface area (Å²) in [7, 11) is 0. The van der Waals surface area contributed by atoms with Crippen molar-refractivity contribution in [1.29, 1.82) is 0 Å². The highest BCUT2D eigenvalue weighted by Crippen LogP contribution is 2.34. The Morgan fingerprint density at radius 2 is 1.71 bits per heavy atom. The lowest BCUT2D eigenvalue weighted by molar-refractivity contribution is 0.308. The molecule has 0 bridgehead atoms. The number of nitrogens with zero attached hydrogens (tertiary/aromatic N) is 1. The molecule has 21 heavy (non-hydrogen) atoms. The summed E-state index contributed by atoms with van der Waals surface area (Å²) in [5, 5.41) is 3.58. The van der Waals surface area contributed by atoms with E-state index in [4.69, 9.17) is 0 Å². The van der Waals surface area contributed by atoms with E-state index in [1.54, 1.807) is 0 Å². The van der Waals surface area contributed by atoms with Crippen molar-refractivity contribution in [2.45, 2.75) is 26.7 Å². The van der Waals surface area contributed by atoms with Gasteiger partial charge in [-0.05, 0) is 48.3 Å². The third kappa shape index (κ3) is 2.96. The normalized spacial score (nSPS) is 12.7. The van der Waals surface area contributed by atoms with Crippen molar-refractivity contribution in [3.8, 4) is 0 Å². The lowest BCUT2D eigenvalue weighted by atomic mass is 9.92. The van der Waals surface area contributed by atoms with Gasteiger partial charge in [0, 0.05) is 24.3 Å². The van der Waals surface area contributed by atoms with E-state index in [0.29, 0.717) is 0 Å². The average molecular weight is 280 g/mol. The van der Waals surface area contributed by atoms with Gasteiger partial charge in [0.25, 0.3) is 0 Å². The molecule has 2 heteroatoms. The molecule has 2 aromatic carbocycles. The van der Waals surface area contributed by atoms with Crippen molar-refractivity contribution >= 4 is 11.4 Å². The smallest absolute Gasteiger partial charge is 0.0423 e. The zero-order valence-corrected chi connectivity index (χ0v) is 13.0. The fourth-order valence-corrected chi connectivity index (χ4v) is 3.15. The predicted octanol–water partition coefficient (Wildman–Crippen LogP) is 4.22. The molecule has 0 fully saturated rings. The molecule has 0 saturated carbocycles. The van der Waals surface area contributed by atoms with E-state index in [0.717, 1.165) is 32.5 Å². The quantitative estimate of drug-likeness (QED) is 0.753. The lowest BCUT2D eigenvalue weighted by Gasteiger charge is -2.25. The SMILES string of the molecule is CCN(CC)CCc1cccc2c1Cc1ccccc1N2. The Labute approximate surface area is 127 Å². The fourth-order valence-electron chi connectivity index (χ4n) is 3.15. The summed E-state index contributed by atoms with van der Waals surface area (Å²) in [4.78, 5) is 2.49. The molecule has 2 aromatic rings. The van der Waals surface area contributed by atoms with Crippen LogP contribution in [0.4, 0.5) is 11.4 Å². The average Bonchev–Trinajstić information content (AvgIpc) is 2.54. The molecule has 2 nitrogen and oxygen atoms in total. The molecule has 0 aromatic heterocycles. The minimum Gasteiger partial charge on any atom is -0.355 e. The van der Waals surface area contributed by atoms with Gasteiger partial charge >= 0.3 is 0 Å². The van der Waals surface area contributed by atoms with Crippen LogP contribution in [0.1, 0.15) is 30.5 Å². The minimum atomic E-state index is 1.05. The summed E-state index contributed by atoms with van der Waals surface area (Å²) in [6.45, 7) is 7.88. The number of benzene rings is 2. The number of fused-ring (bicyclic) bond motifs is 2. The molecule has 0 unspecified atom stereocenters. The van der Waals surface area contributed by atoms with Crippen LogP contribution in [0.5, 0.6) is 0 Å². The molecule has 0 saturated heterocycles. The van der Waals surface area contributed by atoms with Crippen LogP contribution >= 0.6 is 0 Å². The maximum Gasteiger partial charge on any atom is 0.0423 e. The Bertz CT molecular complexity index is 615. The van der Waals surface area contributed by atoms with Crippen LogP contribution in [0.2, 0.25) is 0 Å². The van der Waals surface area contributed by atoms with E-state index < -0.39 is 0 Å². The Morgan fingerprint density at radius 3 is 2.52 bits per heavy atom. The summed E-state index contributed by atoms with van der Waals surface area (Å²) in [5.41, 5.74) is 6.90. The van der Waals surface area contributed by atoms with Crippen molar-refractivity contribution in [3.05, 3.63) is 59.2 Å². The van der Waals surface area contributed by atoms with E-state index in [-0.39, 0.29) is 0 Å². The number of nitrogens with one attached hydrogen (secondary N) is 1. The molecule has 0 amide bonds. The molecule has 1 aliphatic rings. The van der Waals surface area contributed by atoms with Crippen LogP contribution in [-0.4, -0.2) is 24.5 Å². The van der Waals surface area contributed by atoms with Gasteiger partial charge in [0.1, 0.15) is 0 Å². The van der Waals surface area contributed by atoms with Crippen molar-refractivity contribution < 1.29 is 0 Å². The number of anilines is 2. The van der Waals surface area contributed by atoms with Crippen LogP contribution in [-0.2, 0) is 12.8 Å². The minimum absolute atomic E-state index is 1.05. The summed E-state index contributed by atoms with van der Waals surface area (Å²) in [6.07, 6.45) is 2.18. The first kappa shape index (κ1) is 14.2. The van der Waals surface area contributed by atoms with Gasteiger partial charge in [-0.1, -0.05) is 44.2 Å². The standard InChI is InChI=1S/C19H24N2/c1-3-21(4-2)13-12-15-9-7-11-19-17(15)14-16-8-5-6-10-18(16)20-19/h5-11,20H,3-4,12-14H2,1-2H3. The maximum absolute atomic E-state index is 3.58. The predicted molar refractivity (Wildman–Crippen MR) is 90.5 cm³/mol. The van der Waals surface area contributed by atoms with E-state index >= 15 is 0 Å². The van der Waals surface area contributed by atoms with Gasteiger partial charge in [-0.3, -0.25) is 0 Å². The molecular formula is C19H24N2. The van der Waals surface area contributed by atoms with E-state index in [9.17, 15) is 0 Å². The van der Waals surface area contributed by atoms with E-state index in [1.165, 1.54) is 28.1 Å². The summed E-state index contributed by atoms with van der Waals surface area (Å²) in [6, 6.07) is 15.3. The van der Waals surface area contributed by atoms with Gasteiger partial charge in [0.2, 0.25) is 0 Å². The number of likely N-dealkylation sites (N-methyl/N-ethyl adjacent to an activating group) is 1. The van der Waals surface area contributed by atoms with Crippen LogP contribution in [0.15, 0.2) is 42.5 Å². The highest BCUT2D eigenvalue weighted by atomic mass is 15.1. The van der Waals surface area contributed by atoms with Crippen molar-refractivity contribution in [1.82, 2.24) is 4.90 Å². The maximum atomic E-state index is 3.58. The van der Waals surface area contributed by atoms with Gasteiger partial charge in [-0.2, -0.15) is 0 Å². The van der Waals surface area contributed by atoms with Crippen LogP contribution in [0.3, 0.4) is 0 Å². The third-order valence-electron chi connectivity index (χ3n) is 4.52. The number of hydrogen-bond donors (Lipinski definition) is 1. The van der Waals surface area contributed by atoms with Crippen LogP contribution in [0.25, 0.3) is 0 Å². The molecule has 0 radical (unpaired) electrons. The van der Waals surface area contributed by atoms with Crippen molar-refractivity contribution in [2.75, 3.05) is 25.0 Å². The Kier molecular flexibility index (Phi) is 4.26. The lowest BCUT2D eigenvalue weighted by Crippen LogP contribution is -2.25. The topological polar surface area (TPSA) is 15.3 Å². The van der Waals surface area contributed by atoms with E-state index in [2.05, 4.69) is 66.5 Å². The molecule has 0 atom stereocenters. The van der Waals surface area contributed by atoms with Gasteiger partial charge in [0.15, 0.2) is 0 Å². The second-order valence-corrected chi connectivity index (χ2v) is 5.68. The second kappa shape index (κ2) is 6.31. The number of para-hydroxylation sites is 1. The van der Waals surface area contributed by atoms with Gasteiger partial charge in [-0.15, -0.1) is 0 Å². The largest absolute Gasteiger partial charge is 0.355 e. The first-order valence-corrected chi connectivity index (χ1v) is 7.99. The number of rotatable bonds is 5. The zero-order valence-electron chi connectivity index (χ0n) is 13.0. The molecule has 1 aliphatic heterocycles. The summed E-state index contributed by atoms with van der Waals surface area (Å²) < 4.78 is 0. The molecule has 0 aliphatic carbocycles. The summed E-state index contributed by atoms with van der Waals surface area (Å²) >= 11 is 0. The second-order valence-electron chi connectivity index (χ2n) is 5.68. The Hall–Kier alpha value is -1.80. The molecule has 0 spiro atoms. The first-order valence-electron chi connectivity index (χ1n) is 7.99. The molecule has 1 N–H and O–H groups in total. The van der Waals surface area contributed by atoms with E-state index in [1.807, 2.05) is 0 Å². The molecule has 3 rings (SSSR count). The fraction of sp³-hybridized carbons (Fsp3) is 0.368. The Balaban J connectivity index is 1.82. The van der Waals surface area contributed by atoms with Gasteiger partial charge in [0.05, 0.1) is 0 Å². The highest BCUT2D eigenvalue weighted by Gasteiger charge is 2.17. The monoisotopic (exact) mass is 280 g/mol.